The van der Waals surface area contributed by atoms with Gasteiger partial charge in [-0.05, 0) is 51.0 Å². The Kier molecular flexibility index (Phi) is 5.82. The van der Waals surface area contributed by atoms with Crippen LogP contribution in [0.1, 0.15) is 32.3 Å². The van der Waals surface area contributed by atoms with Crippen LogP contribution in [0.5, 0.6) is 5.75 Å². The molecule has 0 saturated carbocycles. The molecule has 0 atom stereocenters. The minimum absolute atomic E-state index is 0.0339. The smallest absolute Gasteiger partial charge is 0.250 e. The number of hydrogen-bond donors (Lipinski definition) is 1. The summed E-state index contributed by atoms with van der Waals surface area (Å²) in [5, 5.41) is 3.80. The number of hydrogen-bond acceptors (Lipinski definition) is 3. The molecular weight excluding hydrogens is 336 g/mol. The number of allylic oxidation sites excluding steroid dienone is 1. The molecule has 2 aliphatic heterocycles. The fourth-order valence-electron chi connectivity index (χ4n) is 3.13. The largest absolute Gasteiger partial charge is 0.488 e. The van der Waals surface area contributed by atoms with E-state index in [1.165, 1.54) is 5.57 Å². The van der Waals surface area contributed by atoms with Crippen LogP contribution >= 0.6 is 11.6 Å². The van der Waals surface area contributed by atoms with Crippen LogP contribution < -0.4 is 10.1 Å². The predicted octanol–water partition coefficient (Wildman–Crippen LogP) is 3.66. The van der Waals surface area contributed by atoms with E-state index >= 15 is 0 Å². The molecule has 25 heavy (non-hydrogen) atoms. The van der Waals surface area contributed by atoms with Crippen LogP contribution in [0, 0.1) is 0 Å². The van der Waals surface area contributed by atoms with Gasteiger partial charge in [-0.1, -0.05) is 23.3 Å². The molecule has 134 valence electrons. The van der Waals surface area contributed by atoms with Crippen LogP contribution in [0.15, 0.2) is 35.4 Å². The molecule has 1 aromatic carbocycles. The maximum atomic E-state index is 12.5. The van der Waals surface area contributed by atoms with Gasteiger partial charge in [-0.15, -0.1) is 0 Å². The van der Waals surface area contributed by atoms with E-state index in [0.717, 1.165) is 43.8 Å². The van der Waals surface area contributed by atoms with E-state index in [4.69, 9.17) is 16.3 Å². The Morgan fingerprint density at radius 1 is 1.36 bits per heavy atom. The Morgan fingerprint density at radius 3 is 2.84 bits per heavy atom. The van der Waals surface area contributed by atoms with Crippen molar-refractivity contribution >= 4 is 23.6 Å². The van der Waals surface area contributed by atoms with E-state index < -0.39 is 0 Å². The first-order valence-corrected chi connectivity index (χ1v) is 9.18. The van der Waals surface area contributed by atoms with Crippen molar-refractivity contribution in [2.45, 2.75) is 32.7 Å². The lowest BCUT2D eigenvalue weighted by Gasteiger charge is -2.32. The summed E-state index contributed by atoms with van der Waals surface area (Å²) in [4.78, 5) is 15.0. The van der Waals surface area contributed by atoms with Gasteiger partial charge in [0.05, 0.1) is 5.57 Å². The summed E-state index contributed by atoms with van der Waals surface area (Å²) in [6.45, 7) is 7.58. The fraction of sp³-hybridized carbons (Fsp3) is 0.450. The van der Waals surface area contributed by atoms with Crippen molar-refractivity contribution in [3.05, 3.63) is 46.0 Å². The highest BCUT2D eigenvalue weighted by Gasteiger charge is 2.23. The summed E-state index contributed by atoms with van der Waals surface area (Å²) in [5.74, 6) is 0.738. The highest BCUT2D eigenvalue weighted by molar-refractivity contribution is 6.30. The molecule has 1 saturated heterocycles. The fourth-order valence-corrected chi connectivity index (χ4v) is 3.31. The number of fused-ring (bicyclic) bond motifs is 1. The third-order valence-corrected chi connectivity index (χ3v) is 4.89. The van der Waals surface area contributed by atoms with Crippen LogP contribution in [-0.4, -0.2) is 43.1 Å². The second-order valence-corrected chi connectivity index (χ2v) is 7.41. The Morgan fingerprint density at radius 2 is 2.12 bits per heavy atom. The van der Waals surface area contributed by atoms with E-state index in [1.807, 2.05) is 18.2 Å². The normalized spacial score (nSPS) is 18.0. The Bertz CT molecular complexity index is 700. The molecule has 1 amide bonds. The van der Waals surface area contributed by atoms with Crippen LogP contribution in [-0.2, 0) is 4.79 Å². The molecule has 1 N–H and O–H groups in total. The summed E-state index contributed by atoms with van der Waals surface area (Å²) in [6, 6.07) is 5.69. The van der Waals surface area contributed by atoms with Crippen molar-refractivity contribution < 1.29 is 9.53 Å². The van der Waals surface area contributed by atoms with Crippen molar-refractivity contribution in [2.75, 3.05) is 26.2 Å². The van der Waals surface area contributed by atoms with Gasteiger partial charge in [0.2, 0.25) is 0 Å². The quantitative estimate of drug-likeness (QED) is 0.833. The van der Waals surface area contributed by atoms with E-state index in [1.54, 1.807) is 6.07 Å². The van der Waals surface area contributed by atoms with Crippen molar-refractivity contribution in [3.63, 3.8) is 0 Å². The monoisotopic (exact) mass is 360 g/mol. The average molecular weight is 361 g/mol. The van der Waals surface area contributed by atoms with E-state index in [9.17, 15) is 4.79 Å². The summed E-state index contributed by atoms with van der Waals surface area (Å²) in [6.07, 6.45) is 6.10. The van der Waals surface area contributed by atoms with Crippen LogP contribution in [0.25, 0.3) is 6.08 Å². The molecule has 0 aliphatic carbocycles. The van der Waals surface area contributed by atoms with Crippen molar-refractivity contribution in [3.8, 4) is 5.75 Å². The van der Waals surface area contributed by atoms with E-state index in [-0.39, 0.29) is 11.9 Å². The standard InChI is InChI=1S/C20H25ClN2O2/c1-14(2)5-8-23-9-6-18(7-10-23)22-20(24)16-11-15-12-17(21)3-4-19(15)25-13-16/h3-5,11-12,18H,6-10,13H2,1-2H3,(H,22,24). The molecule has 0 unspecified atom stereocenters. The zero-order valence-corrected chi connectivity index (χ0v) is 15.6. The van der Waals surface area contributed by atoms with Crippen molar-refractivity contribution in [1.82, 2.24) is 10.2 Å². The molecular formula is C20H25ClN2O2. The van der Waals surface area contributed by atoms with Gasteiger partial charge in [0, 0.05) is 36.3 Å². The molecule has 5 heteroatoms. The number of halogens is 1. The zero-order chi connectivity index (χ0) is 17.8. The highest BCUT2D eigenvalue weighted by Crippen LogP contribution is 2.29. The number of amides is 1. The van der Waals surface area contributed by atoms with Gasteiger partial charge in [0.25, 0.3) is 5.91 Å². The number of carbonyl (C=O) groups is 1. The third-order valence-electron chi connectivity index (χ3n) is 4.66. The lowest BCUT2D eigenvalue weighted by atomic mass is 10.0. The highest BCUT2D eigenvalue weighted by atomic mass is 35.5. The molecule has 3 rings (SSSR count). The van der Waals surface area contributed by atoms with Crippen LogP contribution in [0.4, 0.5) is 0 Å². The summed E-state index contributed by atoms with van der Waals surface area (Å²) < 4.78 is 5.67. The molecule has 0 radical (unpaired) electrons. The van der Waals surface area contributed by atoms with Gasteiger partial charge in [0.15, 0.2) is 0 Å². The topological polar surface area (TPSA) is 41.6 Å². The number of benzene rings is 1. The molecule has 1 aromatic rings. The second-order valence-electron chi connectivity index (χ2n) is 6.97. The van der Waals surface area contributed by atoms with Gasteiger partial charge >= 0.3 is 0 Å². The first kappa shape index (κ1) is 18.0. The van der Waals surface area contributed by atoms with Gasteiger partial charge in [-0.2, -0.15) is 0 Å². The molecule has 0 spiro atoms. The van der Waals surface area contributed by atoms with Crippen molar-refractivity contribution in [1.29, 1.82) is 0 Å². The third kappa shape index (κ3) is 4.86. The molecule has 2 aliphatic rings. The Labute approximate surface area is 154 Å². The van der Waals surface area contributed by atoms with Crippen LogP contribution in [0.2, 0.25) is 5.02 Å². The van der Waals surface area contributed by atoms with Gasteiger partial charge in [-0.25, -0.2) is 0 Å². The minimum Gasteiger partial charge on any atom is -0.488 e. The Balaban J connectivity index is 1.54. The molecule has 0 bridgehead atoms. The average Bonchev–Trinajstić information content (AvgIpc) is 2.60. The van der Waals surface area contributed by atoms with Gasteiger partial charge < -0.3 is 10.1 Å². The predicted molar refractivity (Wildman–Crippen MR) is 102 cm³/mol. The molecule has 2 heterocycles. The SMILES string of the molecule is CC(C)=CCN1CCC(NC(=O)C2=Cc3cc(Cl)ccc3OC2)CC1. The lowest BCUT2D eigenvalue weighted by molar-refractivity contribution is -0.118. The van der Waals surface area contributed by atoms with E-state index in [2.05, 4.69) is 30.1 Å². The number of ether oxygens (including phenoxy) is 1. The summed E-state index contributed by atoms with van der Waals surface area (Å²) >= 11 is 6.02. The summed E-state index contributed by atoms with van der Waals surface area (Å²) in [5.41, 5.74) is 2.86. The number of nitrogens with one attached hydrogen (secondary N) is 1. The minimum atomic E-state index is -0.0339. The number of piperidine rings is 1. The maximum Gasteiger partial charge on any atom is 0.250 e. The summed E-state index contributed by atoms with van der Waals surface area (Å²) in [7, 11) is 0. The van der Waals surface area contributed by atoms with Gasteiger partial charge in [-0.3, -0.25) is 9.69 Å². The molecule has 0 aromatic heterocycles. The lowest BCUT2D eigenvalue weighted by Crippen LogP contribution is -2.45. The molecule has 1 fully saturated rings. The first-order chi connectivity index (χ1) is 12.0. The number of carbonyl (C=O) groups excluding carboxylic acids is 1. The molecule has 4 nitrogen and oxygen atoms in total. The zero-order valence-electron chi connectivity index (χ0n) is 14.8. The number of nitrogens with zero attached hydrogens (tertiary/aromatic N) is 1. The van der Waals surface area contributed by atoms with Crippen LogP contribution in [0.3, 0.4) is 0 Å². The first-order valence-electron chi connectivity index (χ1n) is 8.81. The number of rotatable bonds is 4. The maximum absolute atomic E-state index is 12.5. The second kappa shape index (κ2) is 8.07. The Hall–Kier alpha value is -1.78. The van der Waals surface area contributed by atoms with Gasteiger partial charge in [0.1, 0.15) is 12.4 Å². The van der Waals surface area contributed by atoms with Crippen molar-refractivity contribution in [2.24, 2.45) is 0 Å². The number of likely N-dealkylation sites (tertiary alicyclic amines) is 1. The van der Waals surface area contributed by atoms with E-state index in [0.29, 0.717) is 17.2 Å².